The molecule has 0 saturated heterocycles. The maximum absolute atomic E-state index is 6.31. The Kier molecular flexibility index (Phi) is 4.81. The maximum atomic E-state index is 6.31. The van der Waals surface area contributed by atoms with Gasteiger partial charge in [0.05, 0.1) is 10.7 Å². The largest absolute Gasteiger partial charge is 0.392 e. The zero-order chi connectivity index (χ0) is 14.0. The number of hydrogen-bond donors (Lipinski definition) is 1. The van der Waals surface area contributed by atoms with Crippen molar-refractivity contribution >= 4 is 28.8 Å². The molecule has 19 heavy (non-hydrogen) atoms. The van der Waals surface area contributed by atoms with E-state index >= 15 is 0 Å². The van der Waals surface area contributed by atoms with Crippen molar-refractivity contribution in [3.8, 4) is 0 Å². The Morgan fingerprint density at radius 3 is 2.63 bits per heavy atom. The van der Waals surface area contributed by atoms with Crippen LogP contribution < -0.4 is 5.73 Å². The molecule has 0 aromatic carbocycles. The summed E-state index contributed by atoms with van der Waals surface area (Å²) < 4.78 is 1.72. The van der Waals surface area contributed by atoms with Crippen LogP contribution in [0.4, 0.5) is 0 Å². The van der Waals surface area contributed by atoms with E-state index in [0.717, 1.165) is 17.8 Å². The summed E-state index contributed by atoms with van der Waals surface area (Å²) in [6.45, 7) is 3.43. The van der Waals surface area contributed by atoms with Gasteiger partial charge in [0.2, 0.25) is 0 Å². The fourth-order valence-corrected chi connectivity index (χ4v) is 3.24. The van der Waals surface area contributed by atoms with E-state index in [1.165, 1.54) is 25.7 Å². The van der Waals surface area contributed by atoms with Crippen LogP contribution in [-0.2, 0) is 13.6 Å². The smallest absolute Gasteiger partial charge is 0.131 e. The van der Waals surface area contributed by atoms with Crippen molar-refractivity contribution in [1.29, 1.82) is 0 Å². The lowest BCUT2D eigenvalue weighted by Gasteiger charge is -2.28. The minimum Gasteiger partial charge on any atom is -0.392 e. The minimum absolute atomic E-state index is 0.546. The zero-order valence-corrected chi connectivity index (χ0v) is 13.1. The van der Waals surface area contributed by atoms with Crippen LogP contribution >= 0.6 is 23.8 Å². The molecule has 1 fully saturated rings. The number of nitrogens with zero attached hydrogens (tertiary/aromatic N) is 3. The first kappa shape index (κ1) is 14.8. The number of nitrogens with two attached hydrogens (primary N) is 1. The number of halogens is 1. The van der Waals surface area contributed by atoms with E-state index in [1.54, 1.807) is 4.68 Å². The summed E-state index contributed by atoms with van der Waals surface area (Å²) in [6.07, 6.45) is 5.02. The minimum atomic E-state index is 0.546. The van der Waals surface area contributed by atoms with Crippen LogP contribution in [0, 0.1) is 6.92 Å². The van der Waals surface area contributed by atoms with E-state index in [2.05, 4.69) is 10.00 Å². The second kappa shape index (κ2) is 6.20. The Morgan fingerprint density at radius 2 is 2.16 bits per heavy atom. The van der Waals surface area contributed by atoms with E-state index in [9.17, 15) is 0 Å². The summed E-state index contributed by atoms with van der Waals surface area (Å²) in [5, 5.41) is 5.07. The highest BCUT2D eigenvalue weighted by Gasteiger charge is 2.25. The van der Waals surface area contributed by atoms with Gasteiger partial charge in [-0.05, 0) is 19.8 Å². The Balaban J connectivity index is 2.16. The number of aryl methyl sites for hydroxylation is 2. The molecule has 0 spiro atoms. The lowest BCUT2D eigenvalue weighted by Crippen LogP contribution is -2.39. The van der Waals surface area contributed by atoms with E-state index in [-0.39, 0.29) is 0 Å². The van der Waals surface area contributed by atoms with Gasteiger partial charge in [0, 0.05) is 31.7 Å². The Hall–Kier alpha value is -0.650. The van der Waals surface area contributed by atoms with Crippen LogP contribution in [0.25, 0.3) is 0 Å². The van der Waals surface area contributed by atoms with Crippen molar-refractivity contribution in [3.63, 3.8) is 0 Å². The Morgan fingerprint density at radius 1 is 1.53 bits per heavy atom. The molecule has 1 aliphatic rings. The number of hydrogen-bond acceptors (Lipinski definition) is 3. The maximum Gasteiger partial charge on any atom is 0.131 e. The van der Waals surface area contributed by atoms with Crippen LogP contribution in [-0.4, -0.2) is 32.3 Å². The molecular formula is C13H21ClN4S. The van der Waals surface area contributed by atoms with Crippen LogP contribution in [0.5, 0.6) is 0 Å². The first-order valence-corrected chi connectivity index (χ1v) is 7.48. The van der Waals surface area contributed by atoms with Crippen molar-refractivity contribution in [2.75, 3.05) is 6.54 Å². The third kappa shape index (κ3) is 3.46. The van der Waals surface area contributed by atoms with Gasteiger partial charge in [-0.25, -0.2) is 0 Å². The number of thiocarbonyl (C=S) groups is 1. The van der Waals surface area contributed by atoms with Gasteiger partial charge in [0.1, 0.15) is 5.15 Å². The predicted molar refractivity (Wildman–Crippen MR) is 82.4 cm³/mol. The SMILES string of the molecule is Cc1nn(C)c(Cl)c1CN(CC(N)=S)C1CCCC1. The highest BCUT2D eigenvalue weighted by molar-refractivity contribution is 7.80. The van der Waals surface area contributed by atoms with E-state index in [1.807, 2.05) is 14.0 Å². The molecule has 0 unspecified atom stereocenters. The van der Waals surface area contributed by atoms with Gasteiger partial charge >= 0.3 is 0 Å². The van der Waals surface area contributed by atoms with Gasteiger partial charge in [-0.3, -0.25) is 9.58 Å². The molecule has 0 aliphatic heterocycles. The van der Waals surface area contributed by atoms with Crippen molar-refractivity contribution < 1.29 is 0 Å². The molecule has 2 rings (SSSR count). The summed E-state index contributed by atoms with van der Waals surface area (Å²) in [4.78, 5) is 2.90. The molecule has 1 saturated carbocycles. The topological polar surface area (TPSA) is 47.1 Å². The molecule has 2 N–H and O–H groups in total. The summed E-state index contributed by atoms with van der Waals surface area (Å²) in [7, 11) is 1.87. The predicted octanol–water partition coefficient (Wildman–Crippen LogP) is 2.41. The van der Waals surface area contributed by atoms with Gasteiger partial charge < -0.3 is 5.73 Å². The van der Waals surface area contributed by atoms with Gasteiger partial charge in [-0.1, -0.05) is 36.7 Å². The third-order valence-electron chi connectivity index (χ3n) is 3.83. The highest BCUT2D eigenvalue weighted by Crippen LogP contribution is 2.27. The molecule has 6 heteroatoms. The average Bonchev–Trinajstić information content (AvgIpc) is 2.92. The lowest BCUT2D eigenvalue weighted by atomic mass is 10.1. The van der Waals surface area contributed by atoms with Crippen molar-refractivity contribution in [2.24, 2.45) is 12.8 Å². The molecule has 0 atom stereocenters. The second-order valence-electron chi connectivity index (χ2n) is 5.29. The van der Waals surface area contributed by atoms with E-state index in [0.29, 0.717) is 22.7 Å². The Labute approximate surface area is 124 Å². The normalized spacial score (nSPS) is 16.4. The first-order valence-electron chi connectivity index (χ1n) is 6.69. The van der Waals surface area contributed by atoms with Gasteiger partial charge in [-0.15, -0.1) is 0 Å². The van der Waals surface area contributed by atoms with Crippen LogP contribution in [0.15, 0.2) is 0 Å². The molecule has 4 nitrogen and oxygen atoms in total. The van der Waals surface area contributed by atoms with E-state index < -0.39 is 0 Å². The fraction of sp³-hybridized carbons (Fsp3) is 0.692. The molecular weight excluding hydrogens is 280 g/mol. The quantitative estimate of drug-likeness (QED) is 0.848. The molecule has 1 aliphatic carbocycles. The summed E-state index contributed by atoms with van der Waals surface area (Å²) in [5.74, 6) is 0. The molecule has 1 heterocycles. The molecule has 1 aromatic heterocycles. The van der Waals surface area contributed by atoms with Gasteiger partial charge in [0.25, 0.3) is 0 Å². The number of rotatable bonds is 5. The van der Waals surface area contributed by atoms with Crippen LogP contribution in [0.1, 0.15) is 36.9 Å². The monoisotopic (exact) mass is 300 g/mol. The molecule has 106 valence electrons. The summed E-state index contributed by atoms with van der Waals surface area (Å²) in [6, 6.07) is 0.567. The zero-order valence-electron chi connectivity index (χ0n) is 11.5. The van der Waals surface area contributed by atoms with Gasteiger partial charge in [-0.2, -0.15) is 5.10 Å². The molecule has 0 radical (unpaired) electrons. The lowest BCUT2D eigenvalue weighted by molar-refractivity contribution is 0.218. The van der Waals surface area contributed by atoms with Crippen molar-refractivity contribution in [1.82, 2.24) is 14.7 Å². The Bertz CT molecular complexity index is 465. The second-order valence-corrected chi connectivity index (χ2v) is 6.17. The highest BCUT2D eigenvalue weighted by atomic mass is 35.5. The average molecular weight is 301 g/mol. The standard InChI is InChI=1S/C13H21ClN4S/c1-9-11(13(14)17(2)16-9)7-18(8-12(15)19)10-5-3-4-6-10/h10H,3-8H2,1-2H3,(H2,15,19). The van der Waals surface area contributed by atoms with Crippen molar-refractivity contribution in [3.05, 3.63) is 16.4 Å². The van der Waals surface area contributed by atoms with Crippen molar-refractivity contribution in [2.45, 2.75) is 45.2 Å². The van der Waals surface area contributed by atoms with E-state index in [4.69, 9.17) is 29.6 Å². The summed E-state index contributed by atoms with van der Waals surface area (Å²) >= 11 is 11.4. The summed E-state index contributed by atoms with van der Waals surface area (Å²) in [5.41, 5.74) is 7.81. The number of aromatic nitrogens is 2. The fourth-order valence-electron chi connectivity index (χ4n) is 2.84. The first-order chi connectivity index (χ1) is 8.99. The van der Waals surface area contributed by atoms with Crippen LogP contribution in [0.3, 0.4) is 0 Å². The molecule has 0 amide bonds. The third-order valence-corrected chi connectivity index (χ3v) is 4.43. The molecule has 0 bridgehead atoms. The van der Waals surface area contributed by atoms with Crippen LogP contribution in [0.2, 0.25) is 5.15 Å². The van der Waals surface area contributed by atoms with Gasteiger partial charge in [0.15, 0.2) is 0 Å². The molecule has 1 aromatic rings.